The molecule has 3 amide bonds. The summed E-state index contributed by atoms with van der Waals surface area (Å²) in [5, 5.41) is 2.98. The standard InChI is InChI=1S/C25H35F3N6O3S/c1-15-20(16-5-7-30-18(13-16)24(2,3)25(26,27)28)38-23(32(15)4)31-22(36)34-8-6-17(19(34)21(29)35)14-33-9-11-37-12-10-33/h5,7,13,17,19,23H,6,8-12,14H2,1-4H3,(H2,29,35)(H,31,36)/t17-,19-,23?/m0/s1. The molecule has 38 heavy (non-hydrogen) atoms. The molecule has 13 heteroatoms. The molecule has 1 aromatic heterocycles. The van der Waals surface area contributed by atoms with Gasteiger partial charge in [0.25, 0.3) is 0 Å². The van der Waals surface area contributed by atoms with Crippen LogP contribution in [0.1, 0.15) is 38.4 Å². The molecule has 0 aromatic carbocycles. The molecule has 2 saturated heterocycles. The predicted molar refractivity (Wildman–Crippen MR) is 139 cm³/mol. The summed E-state index contributed by atoms with van der Waals surface area (Å²) in [7, 11) is 1.80. The molecule has 3 N–H and O–H groups in total. The number of urea groups is 1. The van der Waals surface area contributed by atoms with E-state index in [0.29, 0.717) is 38.3 Å². The highest BCUT2D eigenvalue weighted by Crippen LogP contribution is 2.45. The van der Waals surface area contributed by atoms with Crippen LogP contribution in [0.2, 0.25) is 0 Å². The number of thioether (sulfide) groups is 1. The molecule has 0 spiro atoms. The van der Waals surface area contributed by atoms with Crippen LogP contribution in [0, 0.1) is 5.92 Å². The van der Waals surface area contributed by atoms with Crippen molar-refractivity contribution < 1.29 is 27.5 Å². The van der Waals surface area contributed by atoms with Crippen LogP contribution in [0.3, 0.4) is 0 Å². The smallest absolute Gasteiger partial charge is 0.379 e. The van der Waals surface area contributed by atoms with Crippen LogP contribution in [-0.4, -0.2) is 95.8 Å². The first-order chi connectivity index (χ1) is 17.8. The van der Waals surface area contributed by atoms with Gasteiger partial charge in [-0.3, -0.25) is 14.7 Å². The number of allylic oxidation sites excluding steroid dienone is 1. The SMILES string of the molecule is CC1=C(c2ccnc(C(C)(C)C(F)(F)F)c2)SC(NC(=O)N2CC[C@@H](CN3CCOCC3)[C@H]2C(N)=O)N1C. The van der Waals surface area contributed by atoms with Crippen LogP contribution in [-0.2, 0) is 14.9 Å². The average molecular weight is 557 g/mol. The number of hydrogen-bond donors (Lipinski definition) is 2. The van der Waals surface area contributed by atoms with E-state index in [1.165, 1.54) is 28.9 Å². The lowest BCUT2D eigenvalue weighted by Crippen LogP contribution is -2.54. The number of nitrogens with one attached hydrogen (secondary N) is 1. The van der Waals surface area contributed by atoms with Gasteiger partial charge in [0.05, 0.1) is 18.9 Å². The highest BCUT2D eigenvalue weighted by Gasteiger charge is 2.50. The second kappa shape index (κ2) is 10.9. The fourth-order valence-corrected chi connectivity index (χ4v) is 6.32. The Labute approximate surface area is 224 Å². The number of alkyl halides is 3. The van der Waals surface area contributed by atoms with Crippen LogP contribution >= 0.6 is 11.8 Å². The zero-order valence-electron chi connectivity index (χ0n) is 22.0. The Bertz CT molecular complexity index is 1090. The third-order valence-electron chi connectivity index (χ3n) is 7.73. The van der Waals surface area contributed by atoms with Crippen LogP contribution in [0.15, 0.2) is 24.0 Å². The third kappa shape index (κ3) is 5.59. The van der Waals surface area contributed by atoms with E-state index >= 15 is 0 Å². The van der Waals surface area contributed by atoms with Gasteiger partial charge in [0.1, 0.15) is 11.5 Å². The molecule has 4 heterocycles. The van der Waals surface area contributed by atoms with E-state index in [1.54, 1.807) is 13.1 Å². The Kier molecular flexibility index (Phi) is 8.20. The maximum Gasteiger partial charge on any atom is 0.399 e. The van der Waals surface area contributed by atoms with Crippen molar-refractivity contribution in [1.82, 2.24) is 25.0 Å². The highest BCUT2D eigenvalue weighted by atomic mass is 32.2. The summed E-state index contributed by atoms with van der Waals surface area (Å²) in [5.41, 5.74) is 4.45. The van der Waals surface area contributed by atoms with Gasteiger partial charge in [-0.2, -0.15) is 13.2 Å². The van der Waals surface area contributed by atoms with Gasteiger partial charge in [-0.1, -0.05) is 11.8 Å². The molecule has 0 radical (unpaired) electrons. The minimum absolute atomic E-state index is 0.0621. The maximum absolute atomic E-state index is 13.6. The lowest BCUT2D eigenvalue weighted by molar-refractivity contribution is -0.181. The van der Waals surface area contributed by atoms with Gasteiger partial charge >= 0.3 is 12.2 Å². The second-order valence-electron chi connectivity index (χ2n) is 10.5. The van der Waals surface area contributed by atoms with E-state index in [4.69, 9.17) is 10.5 Å². The number of morpholine rings is 1. The normalized spacial score (nSPS) is 25.3. The zero-order valence-corrected chi connectivity index (χ0v) is 22.9. The molecule has 1 aromatic rings. The van der Waals surface area contributed by atoms with E-state index in [0.717, 1.165) is 37.5 Å². The number of amides is 3. The van der Waals surface area contributed by atoms with E-state index in [2.05, 4.69) is 15.2 Å². The summed E-state index contributed by atoms with van der Waals surface area (Å²) < 4.78 is 46.2. The van der Waals surface area contributed by atoms with Crippen molar-refractivity contribution in [2.45, 2.75) is 50.3 Å². The number of nitrogens with zero attached hydrogens (tertiary/aromatic N) is 4. The summed E-state index contributed by atoms with van der Waals surface area (Å²) in [6, 6.07) is 2.01. The Morgan fingerprint density at radius 2 is 1.92 bits per heavy atom. The molecule has 3 aliphatic heterocycles. The minimum atomic E-state index is -4.45. The first-order valence-corrected chi connectivity index (χ1v) is 13.5. The topological polar surface area (TPSA) is 104 Å². The molecule has 4 rings (SSSR count). The van der Waals surface area contributed by atoms with Crippen molar-refractivity contribution in [1.29, 1.82) is 0 Å². The number of rotatable bonds is 6. The van der Waals surface area contributed by atoms with Gasteiger partial charge in [0.15, 0.2) is 5.50 Å². The van der Waals surface area contributed by atoms with Gasteiger partial charge in [-0.05, 0) is 44.9 Å². The average Bonchev–Trinajstić information content (AvgIpc) is 3.40. The summed E-state index contributed by atoms with van der Waals surface area (Å²) in [6.07, 6.45) is -2.41. The Hall–Kier alpha value is -2.51. The molecule has 1 unspecified atom stereocenters. The Balaban J connectivity index is 1.45. The third-order valence-corrected chi connectivity index (χ3v) is 9.15. The molecule has 3 atom stereocenters. The maximum atomic E-state index is 13.6. The number of ether oxygens (including phenoxy) is 1. The lowest BCUT2D eigenvalue weighted by Gasteiger charge is -2.32. The van der Waals surface area contributed by atoms with Crippen molar-refractivity contribution in [3.05, 3.63) is 35.3 Å². The summed E-state index contributed by atoms with van der Waals surface area (Å²) in [6.45, 7) is 7.99. The fraction of sp³-hybridized carbons (Fsp3) is 0.640. The van der Waals surface area contributed by atoms with Crippen molar-refractivity contribution in [3.63, 3.8) is 0 Å². The van der Waals surface area contributed by atoms with Gasteiger partial charge in [0.2, 0.25) is 5.91 Å². The molecule has 3 aliphatic rings. The molecular formula is C25H35F3N6O3S. The Morgan fingerprint density at radius 3 is 2.55 bits per heavy atom. The van der Waals surface area contributed by atoms with Crippen LogP contribution in [0.5, 0.6) is 0 Å². The van der Waals surface area contributed by atoms with Crippen molar-refractivity contribution in [2.24, 2.45) is 11.7 Å². The number of nitrogens with two attached hydrogens (primary N) is 1. The highest BCUT2D eigenvalue weighted by molar-refractivity contribution is 8.09. The summed E-state index contributed by atoms with van der Waals surface area (Å²) in [4.78, 5) is 36.0. The van der Waals surface area contributed by atoms with Gasteiger partial charge < -0.3 is 25.6 Å². The van der Waals surface area contributed by atoms with Crippen LogP contribution < -0.4 is 11.1 Å². The molecule has 0 aliphatic carbocycles. The number of halogens is 3. The van der Waals surface area contributed by atoms with E-state index < -0.39 is 35.1 Å². The number of carbonyl (C=O) groups is 2. The second-order valence-corrected chi connectivity index (χ2v) is 11.6. The van der Waals surface area contributed by atoms with Gasteiger partial charge in [0, 0.05) is 55.9 Å². The summed E-state index contributed by atoms with van der Waals surface area (Å²) >= 11 is 1.33. The molecule has 210 valence electrons. The number of carbonyl (C=O) groups excluding carboxylic acids is 2. The van der Waals surface area contributed by atoms with Crippen LogP contribution in [0.25, 0.3) is 4.91 Å². The molecular weight excluding hydrogens is 521 g/mol. The van der Waals surface area contributed by atoms with E-state index in [1.807, 2.05) is 11.8 Å². The predicted octanol–water partition coefficient (Wildman–Crippen LogP) is 2.79. The van der Waals surface area contributed by atoms with Gasteiger partial charge in [-0.25, -0.2) is 4.79 Å². The summed E-state index contributed by atoms with van der Waals surface area (Å²) in [5.74, 6) is -0.595. The molecule has 9 nitrogen and oxygen atoms in total. The quantitative estimate of drug-likeness (QED) is 0.556. The zero-order chi connectivity index (χ0) is 27.8. The van der Waals surface area contributed by atoms with E-state index in [-0.39, 0.29) is 11.6 Å². The number of primary amides is 1. The molecule has 0 bridgehead atoms. The van der Waals surface area contributed by atoms with E-state index in [9.17, 15) is 22.8 Å². The van der Waals surface area contributed by atoms with Gasteiger partial charge in [-0.15, -0.1) is 0 Å². The fourth-order valence-electron chi connectivity index (χ4n) is 5.04. The first kappa shape index (κ1) is 28.5. The number of aromatic nitrogens is 1. The number of pyridine rings is 1. The van der Waals surface area contributed by atoms with Crippen molar-refractivity contribution in [3.8, 4) is 0 Å². The first-order valence-electron chi connectivity index (χ1n) is 12.6. The monoisotopic (exact) mass is 556 g/mol. The Morgan fingerprint density at radius 1 is 1.24 bits per heavy atom. The van der Waals surface area contributed by atoms with Crippen molar-refractivity contribution >= 4 is 28.6 Å². The lowest BCUT2D eigenvalue weighted by atomic mass is 9.87. The van der Waals surface area contributed by atoms with Crippen molar-refractivity contribution in [2.75, 3.05) is 46.4 Å². The minimum Gasteiger partial charge on any atom is -0.379 e. The number of hydrogen-bond acceptors (Lipinski definition) is 7. The largest absolute Gasteiger partial charge is 0.399 e. The van der Waals surface area contributed by atoms with Crippen LogP contribution in [0.4, 0.5) is 18.0 Å². The molecule has 2 fully saturated rings. The molecule has 0 saturated carbocycles. The number of likely N-dealkylation sites (tertiary alicyclic amines) is 1.